The van der Waals surface area contributed by atoms with Crippen LogP contribution in [0.1, 0.15) is 30.9 Å². The molecule has 0 radical (unpaired) electrons. The number of nitrogens with one attached hydrogen (secondary N) is 1. The molecule has 6 heteroatoms. The minimum Gasteiger partial charge on any atom is -0.378 e. The van der Waals surface area contributed by atoms with E-state index in [4.69, 9.17) is 4.74 Å². The van der Waals surface area contributed by atoms with Gasteiger partial charge in [0.1, 0.15) is 0 Å². The van der Waals surface area contributed by atoms with Crippen molar-refractivity contribution in [2.75, 3.05) is 26.3 Å². The first-order valence-electron chi connectivity index (χ1n) is 7.60. The predicted molar refractivity (Wildman–Crippen MR) is 92.3 cm³/mol. The molecule has 0 spiro atoms. The second-order valence-corrected chi connectivity index (χ2v) is 6.64. The average molecular weight is 390 g/mol. The number of hydrogen-bond acceptors (Lipinski definition) is 3. The van der Waals surface area contributed by atoms with Crippen LogP contribution in [0.5, 0.6) is 0 Å². The Morgan fingerprint density at radius 1 is 1.36 bits per heavy atom. The van der Waals surface area contributed by atoms with E-state index in [1.807, 2.05) is 17.0 Å². The molecule has 1 N–H and O–H groups in total. The lowest BCUT2D eigenvalue weighted by Crippen LogP contribution is -2.45. The topological polar surface area (TPSA) is 41.6 Å². The highest BCUT2D eigenvalue weighted by atomic mass is 79.9. The first kappa shape index (κ1) is 17.7. The van der Waals surface area contributed by atoms with Crippen LogP contribution in [0, 0.1) is 0 Å². The third kappa shape index (κ3) is 4.22. The van der Waals surface area contributed by atoms with Crippen molar-refractivity contribution in [3.05, 3.63) is 34.3 Å². The van der Waals surface area contributed by atoms with Gasteiger partial charge in [0, 0.05) is 30.0 Å². The number of amides is 1. The predicted octanol–water partition coefficient (Wildman–Crippen LogP) is 2.91. The summed E-state index contributed by atoms with van der Waals surface area (Å²) in [6, 6.07) is 8.72. The summed E-state index contributed by atoms with van der Waals surface area (Å²) in [5.41, 5.74) is 1.23. The molecule has 0 bridgehead atoms. The Labute approximate surface area is 146 Å². The number of halogens is 2. The standard InChI is InChI=1S/C16H21BrN2O2.ClH/c17-13-5-3-12(4-6-13)15-2-1-8-19(15)16(20)10-14-11-21-9-7-18-14;/h3-6,14-15,18H,1-2,7-11H2;1H. The van der Waals surface area contributed by atoms with Gasteiger partial charge in [-0.15, -0.1) is 12.4 Å². The number of carbonyl (C=O) groups excluding carboxylic acids is 1. The molecule has 2 heterocycles. The SMILES string of the molecule is Cl.O=C(CC1COCCN1)N1CCCC1c1ccc(Br)cc1. The van der Waals surface area contributed by atoms with Crippen molar-refractivity contribution in [1.82, 2.24) is 10.2 Å². The molecular formula is C16H22BrClN2O2. The van der Waals surface area contributed by atoms with E-state index in [-0.39, 0.29) is 30.4 Å². The zero-order valence-corrected chi connectivity index (χ0v) is 14.9. The number of nitrogens with zero attached hydrogens (tertiary/aromatic N) is 1. The minimum absolute atomic E-state index is 0. The van der Waals surface area contributed by atoms with Gasteiger partial charge in [-0.1, -0.05) is 28.1 Å². The quantitative estimate of drug-likeness (QED) is 0.864. The lowest BCUT2D eigenvalue weighted by atomic mass is 10.0. The highest BCUT2D eigenvalue weighted by Gasteiger charge is 2.31. The van der Waals surface area contributed by atoms with Crippen LogP contribution in [0.3, 0.4) is 0 Å². The van der Waals surface area contributed by atoms with Gasteiger partial charge in [0.2, 0.25) is 5.91 Å². The van der Waals surface area contributed by atoms with Crippen LogP contribution in [-0.4, -0.2) is 43.2 Å². The van der Waals surface area contributed by atoms with Crippen LogP contribution < -0.4 is 5.32 Å². The number of ether oxygens (including phenoxy) is 1. The molecule has 1 aromatic carbocycles. The molecule has 0 aliphatic carbocycles. The summed E-state index contributed by atoms with van der Waals surface area (Å²) < 4.78 is 6.51. The minimum atomic E-state index is 0. The van der Waals surface area contributed by atoms with Gasteiger partial charge in [-0.2, -0.15) is 0 Å². The second kappa shape index (κ2) is 8.29. The average Bonchev–Trinajstić information content (AvgIpc) is 2.98. The van der Waals surface area contributed by atoms with E-state index in [9.17, 15) is 4.79 Å². The van der Waals surface area contributed by atoms with Crippen molar-refractivity contribution in [1.29, 1.82) is 0 Å². The molecule has 22 heavy (non-hydrogen) atoms. The van der Waals surface area contributed by atoms with Crippen LogP contribution in [0.2, 0.25) is 0 Å². The van der Waals surface area contributed by atoms with Crippen LogP contribution in [0.15, 0.2) is 28.7 Å². The van der Waals surface area contributed by atoms with Crippen molar-refractivity contribution in [2.45, 2.75) is 31.3 Å². The molecule has 2 unspecified atom stereocenters. The van der Waals surface area contributed by atoms with E-state index in [0.717, 1.165) is 37.0 Å². The van der Waals surface area contributed by atoms with E-state index in [1.54, 1.807) is 0 Å². The fraction of sp³-hybridized carbons (Fsp3) is 0.562. The van der Waals surface area contributed by atoms with Crippen molar-refractivity contribution in [2.24, 2.45) is 0 Å². The second-order valence-electron chi connectivity index (χ2n) is 5.73. The number of benzene rings is 1. The molecule has 2 atom stereocenters. The maximum Gasteiger partial charge on any atom is 0.224 e. The van der Waals surface area contributed by atoms with E-state index < -0.39 is 0 Å². The Morgan fingerprint density at radius 2 is 2.14 bits per heavy atom. The summed E-state index contributed by atoms with van der Waals surface area (Å²) in [7, 11) is 0. The zero-order chi connectivity index (χ0) is 14.7. The first-order valence-corrected chi connectivity index (χ1v) is 8.39. The van der Waals surface area contributed by atoms with Crippen molar-refractivity contribution < 1.29 is 9.53 Å². The molecule has 4 nitrogen and oxygen atoms in total. The lowest BCUT2D eigenvalue weighted by molar-refractivity contribution is -0.133. The largest absolute Gasteiger partial charge is 0.378 e. The highest BCUT2D eigenvalue weighted by molar-refractivity contribution is 9.10. The van der Waals surface area contributed by atoms with Gasteiger partial charge in [-0.25, -0.2) is 0 Å². The fourth-order valence-corrected chi connectivity index (χ4v) is 3.44. The molecule has 0 saturated carbocycles. The Morgan fingerprint density at radius 3 is 2.82 bits per heavy atom. The Bertz CT molecular complexity index is 491. The summed E-state index contributed by atoms with van der Waals surface area (Å²) in [4.78, 5) is 14.6. The van der Waals surface area contributed by atoms with Crippen molar-refractivity contribution in [3.8, 4) is 0 Å². The molecule has 2 aliphatic heterocycles. The van der Waals surface area contributed by atoms with Crippen molar-refractivity contribution >= 4 is 34.2 Å². The normalized spacial score (nSPS) is 24.9. The zero-order valence-electron chi connectivity index (χ0n) is 12.5. The number of rotatable bonds is 3. The molecular weight excluding hydrogens is 368 g/mol. The Hall–Kier alpha value is -0.620. The van der Waals surface area contributed by atoms with Crippen LogP contribution in [0.4, 0.5) is 0 Å². The molecule has 1 amide bonds. The summed E-state index contributed by atoms with van der Waals surface area (Å²) in [6.07, 6.45) is 2.68. The molecule has 2 aliphatic rings. The number of likely N-dealkylation sites (tertiary alicyclic amines) is 1. The summed E-state index contributed by atoms with van der Waals surface area (Å²) in [5, 5.41) is 3.36. The molecule has 3 rings (SSSR count). The third-order valence-corrected chi connectivity index (χ3v) is 4.78. The molecule has 122 valence electrons. The van der Waals surface area contributed by atoms with Gasteiger partial charge in [0.05, 0.1) is 19.3 Å². The van der Waals surface area contributed by atoms with Gasteiger partial charge in [-0.3, -0.25) is 4.79 Å². The highest BCUT2D eigenvalue weighted by Crippen LogP contribution is 2.33. The van der Waals surface area contributed by atoms with Gasteiger partial charge in [0.15, 0.2) is 0 Å². The Balaban J connectivity index is 0.00000176. The Kier molecular flexibility index (Phi) is 6.68. The molecule has 0 aromatic heterocycles. The van der Waals surface area contributed by atoms with Crippen molar-refractivity contribution in [3.63, 3.8) is 0 Å². The monoisotopic (exact) mass is 388 g/mol. The van der Waals surface area contributed by atoms with E-state index in [1.165, 1.54) is 5.56 Å². The number of hydrogen-bond donors (Lipinski definition) is 1. The van der Waals surface area contributed by atoms with E-state index >= 15 is 0 Å². The molecule has 2 saturated heterocycles. The number of carbonyl (C=O) groups is 1. The lowest BCUT2D eigenvalue weighted by Gasteiger charge is -2.29. The third-order valence-electron chi connectivity index (χ3n) is 4.25. The van der Waals surface area contributed by atoms with E-state index in [2.05, 4.69) is 33.4 Å². The fourth-order valence-electron chi connectivity index (χ4n) is 3.18. The van der Waals surface area contributed by atoms with E-state index in [0.29, 0.717) is 13.0 Å². The summed E-state index contributed by atoms with van der Waals surface area (Å²) in [6.45, 7) is 3.10. The summed E-state index contributed by atoms with van der Waals surface area (Å²) in [5.74, 6) is 0.239. The van der Waals surface area contributed by atoms with Gasteiger partial charge in [0.25, 0.3) is 0 Å². The molecule has 2 fully saturated rings. The maximum atomic E-state index is 12.6. The number of morpholine rings is 1. The van der Waals surface area contributed by atoms with Gasteiger partial charge in [-0.05, 0) is 30.5 Å². The first-order chi connectivity index (χ1) is 10.2. The van der Waals surface area contributed by atoms with Gasteiger partial charge >= 0.3 is 0 Å². The maximum absolute atomic E-state index is 12.6. The van der Waals surface area contributed by atoms with Crippen LogP contribution >= 0.6 is 28.3 Å². The van der Waals surface area contributed by atoms with Crippen LogP contribution in [0.25, 0.3) is 0 Å². The van der Waals surface area contributed by atoms with Gasteiger partial charge < -0.3 is 15.0 Å². The molecule has 1 aromatic rings. The van der Waals surface area contributed by atoms with Crippen LogP contribution in [-0.2, 0) is 9.53 Å². The smallest absolute Gasteiger partial charge is 0.224 e. The summed E-state index contributed by atoms with van der Waals surface area (Å²) >= 11 is 3.46.